The first kappa shape index (κ1) is 23.9. The van der Waals surface area contributed by atoms with Gasteiger partial charge in [-0.1, -0.05) is 66.2 Å². The van der Waals surface area contributed by atoms with E-state index in [1.165, 1.54) is 5.56 Å². The van der Waals surface area contributed by atoms with Gasteiger partial charge >= 0.3 is 6.03 Å². The summed E-state index contributed by atoms with van der Waals surface area (Å²) in [5, 5.41) is 7.47. The minimum atomic E-state index is -0.422. The molecule has 4 aromatic rings. The second kappa shape index (κ2) is 10.0. The van der Waals surface area contributed by atoms with Crippen LogP contribution in [0.4, 0.5) is 10.5 Å². The molecule has 2 heterocycles. The molecule has 1 atom stereocenters. The van der Waals surface area contributed by atoms with Crippen molar-refractivity contribution in [3.63, 3.8) is 0 Å². The minimum absolute atomic E-state index is 0.197. The van der Waals surface area contributed by atoms with E-state index in [0.29, 0.717) is 11.7 Å². The fourth-order valence-corrected chi connectivity index (χ4v) is 4.96. The van der Waals surface area contributed by atoms with E-state index < -0.39 is 6.04 Å². The Hall–Kier alpha value is -3.84. The Balaban J connectivity index is 1.65. The number of carbonyl (C=O) groups excluding carboxylic acids is 1. The number of aryl methyl sites for hydroxylation is 2. The normalized spacial score (nSPS) is 15.8. The third-order valence-corrected chi connectivity index (χ3v) is 7.18. The fourth-order valence-electron chi connectivity index (χ4n) is 4.51. The third kappa shape index (κ3) is 4.54. The number of anilines is 1. The van der Waals surface area contributed by atoms with E-state index in [0.717, 1.165) is 45.0 Å². The van der Waals surface area contributed by atoms with Gasteiger partial charge in [0.05, 0.1) is 17.3 Å². The summed E-state index contributed by atoms with van der Waals surface area (Å²) in [5.74, 6) is 0.904. The number of allylic oxidation sites excluding steroid dienone is 1. The third-order valence-electron chi connectivity index (χ3n) is 6.45. The SMILES string of the molecule is CCc1ccc(C2NC(=O)N(c3cccc(SC)c3)C(C)=C2c2nc(-c3cccc(C)c3)no2)cc1. The molecule has 0 spiro atoms. The lowest BCUT2D eigenvalue weighted by Crippen LogP contribution is -2.46. The maximum Gasteiger partial charge on any atom is 0.326 e. The number of rotatable bonds is 6. The van der Waals surface area contributed by atoms with Crippen LogP contribution in [0.5, 0.6) is 0 Å². The number of carbonyl (C=O) groups is 1. The summed E-state index contributed by atoms with van der Waals surface area (Å²) in [6.45, 7) is 6.09. The minimum Gasteiger partial charge on any atom is -0.334 e. The van der Waals surface area contributed by atoms with Crippen LogP contribution in [-0.2, 0) is 6.42 Å². The molecule has 1 N–H and O–H groups in total. The summed E-state index contributed by atoms with van der Waals surface area (Å²) in [5.41, 5.74) is 6.51. The predicted molar refractivity (Wildman–Crippen MR) is 145 cm³/mol. The number of amides is 2. The van der Waals surface area contributed by atoms with E-state index in [1.54, 1.807) is 16.7 Å². The Morgan fingerprint density at radius 1 is 1.03 bits per heavy atom. The second-order valence-corrected chi connectivity index (χ2v) is 9.69. The Morgan fingerprint density at radius 3 is 2.53 bits per heavy atom. The van der Waals surface area contributed by atoms with Gasteiger partial charge < -0.3 is 9.84 Å². The first-order valence-corrected chi connectivity index (χ1v) is 13.2. The van der Waals surface area contributed by atoms with Crippen LogP contribution < -0.4 is 10.2 Å². The topological polar surface area (TPSA) is 71.3 Å². The maximum absolute atomic E-state index is 13.5. The lowest BCUT2D eigenvalue weighted by molar-refractivity contribution is 0.244. The monoisotopic (exact) mass is 496 g/mol. The zero-order valence-electron chi connectivity index (χ0n) is 20.8. The van der Waals surface area contributed by atoms with Gasteiger partial charge in [0.25, 0.3) is 5.89 Å². The molecule has 5 rings (SSSR count). The van der Waals surface area contributed by atoms with E-state index >= 15 is 0 Å². The van der Waals surface area contributed by atoms with Gasteiger partial charge in [-0.15, -0.1) is 11.8 Å². The van der Waals surface area contributed by atoms with Crippen LogP contribution in [-0.4, -0.2) is 22.4 Å². The molecule has 0 saturated carbocycles. The van der Waals surface area contributed by atoms with Crippen LogP contribution in [0.25, 0.3) is 17.0 Å². The zero-order chi connectivity index (χ0) is 25.2. The van der Waals surface area contributed by atoms with Crippen LogP contribution in [0.15, 0.2) is 87.9 Å². The second-order valence-electron chi connectivity index (χ2n) is 8.81. The number of aromatic nitrogens is 2. The van der Waals surface area contributed by atoms with E-state index in [9.17, 15) is 4.79 Å². The molecule has 1 aliphatic heterocycles. The first-order valence-electron chi connectivity index (χ1n) is 11.9. The summed E-state index contributed by atoms with van der Waals surface area (Å²) >= 11 is 1.63. The van der Waals surface area contributed by atoms with Crippen LogP contribution in [0.1, 0.15) is 42.5 Å². The number of benzene rings is 3. The quantitative estimate of drug-likeness (QED) is 0.290. The van der Waals surface area contributed by atoms with Crippen molar-refractivity contribution in [3.8, 4) is 11.4 Å². The highest BCUT2D eigenvalue weighted by molar-refractivity contribution is 7.98. The molecule has 0 saturated heterocycles. The van der Waals surface area contributed by atoms with Gasteiger partial charge in [0, 0.05) is 16.2 Å². The molecule has 7 heteroatoms. The van der Waals surface area contributed by atoms with Gasteiger partial charge in [-0.05, 0) is 61.9 Å². The number of hydrogen-bond acceptors (Lipinski definition) is 5. The first-order chi connectivity index (χ1) is 17.5. The number of hydrogen-bond donors (Lipinski definition) is 1. The highest BCUT2D eigenvalue weighted by atomic mass is 32.2. The molecule has 1 aliphatic rings. The van der Waals surface area contributed by atoms with Gasteiger partial charge in [-0.3, -0.25) is 4.90 Å². The van der Waals surface area contributed by atoms with Crippen molar-refractivity contribution >= 4 is 29.1 Å². The Kier molecular flexibility index (Phi) is 6.65. The summed E-state index contributed by atoms with van der Waals surface area (Å²) in [6, 6.07) is 23.6. The molecule has 1 unspecified atom stereocenters. The molecule has 182 valence electrons. The highest BCUT2D eigenvalue weighted by Gasteiger charge is 2.36. The van der Waals surface area contributed by atoms with Gasteiger partial charge in [0.15, 0.2) is 0 Å². The average Bonchev–Trinajstić information content (AvgIpc) is 3.38. The number of nitrogens with one attached hydrogen (secondary N) is 1. The summed E-state index contributed by atoms with van der Waals surface area (Å²) in [4.78, 5) is 21.0. The highest BCUT2D eigenvalue weighted by Crippen LogP contribution is 2.39. The van der Waals surface area contributed by atoms with Crippen LogP contribution in [0, 0.1) is 6.92 Å². The number of nitrogens with zero attached hydrogens (tertiary/aromatic N) is 3. The van der Waals surface area contributed by atoms with Crippen molar-refractivity contribution in [2.75, 3.05) is 11.2 Å². The van der Waals surface area contributed by atoms with Crippen molar-refractivity contribution in [3.05, 3.63) is 101 Å². The number of urea groups is 1. The standard InChI is InChI=1S/C29H28N4O2S/c1-5-20-12-14-21(15-13-20)26-25(28-31-27(32-35-28)22-9-6-8-18(2)16-22)19(3)33(29(34)30-26)23-10-7-11-24(17-23)36-4/h6-17,26H,5H2,1-4H3,(H,30,34). The Labute approximate surface area is 215 Å². The number of thioether (sulfide) groups is 1. The smallest absolute Gasteiger partial charge is 0.326 e. The average molecular weight is 497 g/mol. The molecular weight excluding hydrogens is 468 g/mol. The maximum atomic E-state index is 13.5. The lowest BCUT2D eigenvalue weighted by Gasteiger charge is -2.35. The van der Waals surface area contributed by atoms with E-state index in [-0.39, 0.29) is 6.03 Å². The summed E-state index contributed by atoms with van der Waals surface area (Å²) < 4.78 is 5.83. The molecule has 0 bridgehead atoms. The molecule has 1 aromatic heterocycles. The van der Waals surface area contributed by atoms with Crippen molar-refractivity contribution in [2.24, 2.45) is 0 Å². The van der Waals surface area contributed by atoms with Gasteiger partial charge in [-0.25, -0.2) is 4.79 Å². The van der Waals surface area contributed by atoms with Crippen molar-refractivity contribution < 1.29 is 9.32 Å². The van der Waals surface area contributed by atoms with Crippen LogP contribution in [0.2, 0.25) is 0 Å². The zero-order valence-corrected chi connectivity index (χ0v) is 21.6. The summed E-state index contributed by atoms with van der Waals surface area (Å²) in [6.07, 6.45) is 2.97. The largest absolute Gasteiger partial charge is 0.334 e. The molecule has 2 amide bonds. The lowest BCUT2D eigenvalue weighted by atomic mass is 9.93. The summed E-state index contributed by atoms with van der Waals surface area (Å²) in [7, 11) is 0. The predicted octanol–water partition coefficient (Wildman–Crippen LogP) is 7.03. The molecule has 36 heavy (non-hydrogen) atoms. The molecule has 0 fully saturated rings. The molecular formula is C29H28N4O2S. The molecule has 3 aromatic carbocycles. The van der Waals surface area contributed by atoms with Crippen molar-refractivity contribution in [1.82, 2.24) is 15.5 Å². The molecule has 6 nitrogen and oxygen atoms in total. The van der Waals surface area contributed by atoms with Crippen LogP contribution >= 0.6 is 11.8 Å². The van der Waals surface area contributed by atoms with Gasteiger partial charge in [0.2, 0.25) is 5.82 Å². The van der Waals surface area contributed by atoms with Gasteiger partial charge in [-0.2, -0.15) is 4.98 Å². The van der Waals surface area contributed by atoms with Crippen molar-refractivity contribution in [2.45, 2.75) is 38.1 Å². The van der Waals surface area contributed by atoms with Crippen LogP contribution in [0.3, 0.4) is 0 Å². The molecule has 0 aliphatic carbocycles. The van der Waals surface area contributed by atoms with E-state index in [1.807, 2.05) is 68.6 Å². The molecule has 0 radical (unpaired) electrons. The van der Waals surface area contributed by atoms with E-state index in [4.69, 9.17) is 9.51 Å². The Morgan fingerprint density at radius 2 is 1.81 bits per heavy atom. The fraction of sp³-hybridized carbons (Fsp3) is 0.207. The van der Waals surface area contributed by atoms with E-state index in [2.05, 4.69) is 41.7 Å². The van der Waals surface area contributed by atoms with Crippen molar-refractivity contribution in [1.29, 1.82) is 0 Å². The van der Waals surface area contributed by atoms with Gasteiger partial charge in [0.1, 0.15) is 0 Å². The Bertz CT molecular complexity index is 1440.